The van der Waals surface area contributed by atoms with E-state index in [1.165, 1.54) is 69.8 Å². The molecule has 3 heteroatoms. The van der Waals surface area contributed by atoms with Crippen LogP contribution < -0.4 is 0 Å². The van der Waals surface area contributed by atoms with Gasteiger partial charge in [-0.25, -0.2) is 0 Å². The summed E-state index contributed by atoms with van der Waals surface area (Å²) in [6.07, 6.45) is 15.1. The van der Waals surface area contributed by atoms with Crippen molar-refractivity contribution in [3.8, 4) is 0 Å². The lowest BCUT2D eigenvalue weighted by atomic mass is 10.0. The molecule has 25 heavy (non-hydrogen) atoms. The normalized spacial score (nSPS) is 11.8. The number of hydrogen-bond acceptors (Lipinski definition) is 3. The fourth-order valence-electron chi connectivity index (χ4n) is 3.29. The van der Waals surface area contributed by atoms with Crippen LogP contribution in [0, 0.1) is 0 Å². The van der Waals surface area contributed by atoms with E-state index in [1.54, 1.807) is 21.3 Å². The van der Waals surface area contributed by atoms with Crippen molar-refractivity contribution in [3.05, 3.63) is 35.9 Å². The molecule has 0 aromatic heterocycles. The van der Waals surface area contributed by atoms with E-state index >= 15 is 0 Å². The molecule has 0 aliphatic carbocycles. The van der Waals surface area contributed by atoms with E-state index in [1.807, 2.05) is 0 Å². The van der Waals surface area contributed by atoms with E-state index in [2.05, 4.69) is 30.3 Å². The SMILES string of the molecule is COC(CCCCCCCCCCCCc1ccccc1)(OC)OC. The molecule has 144 valence electrons. The molecule has 0 bridgehead atoms. The maximum atomic E-state index is 5.31. The van der Waals surface area contributed by atoms with Crippen molar-refractivity contribution in [2.24, 2.45) is 0 Å². The van der Waals surface area contributed by atoms with Gasteiger partial charge in [0, 0.05) is 27.8 Å². The molecule has 0 amide bonds. The second kappa shape index (κ2) is 14.3. The van der Waals surface area contributed by atoms with Crippen molar-refractivity contribution in [3.63, 3.8) is 0 Å². The average molecular weight is 351 g/mol. The molecule has 0 atom stereocenters. The smallest absolute Gasteiger partial charge is 0.282 e. The van der Waals surface area contributed by atoms with Crippen LogP contribution in [-0.4, -0.2) is 27.3 Å². The summed E-state index contributed by atoms with van der Waals surface area (Å²) in [7, 11) is 4.90. The number of methoxy groups -OCH3 is 3. The van der Waals surface area contributed by atoms with Crippen LogP contribution in [0.1, 0.15) is 76.2 Å². The average Bonchev–Trinajstić information content (AvgIpc) is 2.67. The highest BCUT2D eigenvalue weighted by Crippen LogP contribution is 2.21. The van der Waals surface area contributed by atoms with Crippen LogP contribution in [0.5, 0.6) is 0 Å². The fourth-order valence-corrected chi connectivity index (χ4v) is 3.29. The Balaban J connectivity index is 1.86. The zero-order valence-corrected chi connectivity index (χ0v) is 16.6. The summed E-state index contributed by atoms with van der Waals surface area (Å²) in [5, 5.41) is 0. The minimum atomic E-state index is -0.847. The topological polar surface area (TPSA) is 27.7 Å². The number of unbranched alkanes of at least 4 members (excludes halogenated alkanes) is 9. The lowest BCUT2D eigenvalue weighted by Gasteiger charge is -2.28. The van der Waals surface area contributed by atoms with Gasteiger partial charge < -0.3 is 14.2 Å². The standard InChI is InChI=1S/C22H38O3/c1-23-22(24-2,25-3)20-16-11-9-7-5-4-6-8-10-13-17-21-18-14-12-15-19-21/h12,14-15,18-19H,4-11,13,16-17,20H2,1-3H3. The van der Waals surface area contributed by atoms with Crippen molar-refractivity contribution in [2.75, 3.05) is 21.3 Å². The Kier molecular flexibility index (Phi) is 12.7. The Morgan fingerprint density at radius 3 is 1.52 bits per heavy atom. The molecule has 0 saturated heterocycles. The Labute approximate surface area is 155 Å². The molecule has 0 aliphatic rings. The first-order chi connectivity index (χ1) is 12.3. The van der Waals surface area contributed by atoms with Crippen LogP contribution in [0.15, 0.2) is 30.3 Å². The van der Waals surface area contributed by atoms with Gasteiger partial charge in [-0.1, -0.05) is 81.7 Å². The number of aryl methyl sites for hydroxylation is 1. The lowest BCUT2D eigenvalue weighted by Crippen LogP contribution is -2.35. The van der Waals surface area contributed by atoms with Gasteiger partial charge in [0.1, 0.15) is 0 Å². The molecule has 1 rings (SSSR count). The molecular formula is C22H38O3. The highest BCUT2D eigenvalue weighted by molar-refractivity contribution is 5.14. The maximum absolute atomic E-state index is 5.31. The molecule has 0 fully saturated rings. The third-order valence-corrected chi connectivity index (χ3v) is 4.97. The Hall–Kier alpha value is -0.900. The zero-order chi connectivity index (χ0) is 18.2. The van der Waals surface area contributed by atoms with Crippen LogP contribution in [0.25, 0.3) is 0 Å². The molecule has 0 unspecified atom stereocenters. The number of ether oxygens (including phenoxy) is 3. The van der Waals surface area contributed by atoms with E-state index in [9.17, 15) is 0 Å². The van der Waals surface area contributed by atoms with Crippen molar-refractivity contribution in [1.82, 2.24) is 0 Å². The predicted octanol–water partition coefficient (Wildman–Crippen LogP) is 6.11. The van der Waals surface area contributed by atoms with Gasteiger partial charge in [-0.15, -0.1) is 0 Å². The summed E-state index contributed by atoms with van der Waals surface area (Å²) >= 11 is 0. The molecule has 1 aromatic rings. The number of benzene rings is 1. The second-order valence-corrected chi connectivity index (χ2v) is 6.82. The van der Waals surface area contributed by atoms with E-state index in [4.69, 9.17) is 14.2 Å². The van der Waals surface area contributed by atoms with Gasteiger partial charge >= 0.3 is 0 Å². The van der Waals surface area contributed by atoms with Crippen LogP contribution in [0.4, 0.5) is 0 Å². The van der Waals surface area contributed by atoms with Gasteiger partial charge in [0.15, 0.2) is 0 Å². The Morgan fingerprint density at radius 1 is 0.600 bits per heavy atom. The number of hydrogen-bond donors (Lipinski definition) is 0. The minimum absolute atomic E-state index is 0.790. The monoisotopic (exact) mass is 350 g/mol. The highest BCUT2D eigenvalue weighted by atomic mass is 16.9. The quantitative estimate of drug-likeness (QED) is 0.266. The fraction of sp³-hybridized carbons (Fsp3) is 0.727. The van der Waals surface area contributed by atoms with E-state index in [0.717, 1.165) is 12.8 Å². The van der Waals surface area contributed by atoms with Gasteiger partial charge in [0.05, 0.1) is 0 Å². The second-order valence-electron chi connectivity index (χ2n) is 6.82. The third-order valence-electron chi connectivity index (χ3n) is 4.97. The lowest BCUT2D eigenvalue weighted by molar-refractivity contribution is -0.355. The minimum Gasteiger partial charge on any atom is -0.331 e. The molecule has 0 radical (unpaired) electrons. The van der Waals surface area contributed by atoms with Gasteiger partial charge in [0.25, 0.3) is 5.97 Å². The summed E-state index contributed by atoms with van der Waals surface area (Å²) in [6.45, 7) is 0. The molecule has 0 spiro atoms. The first-order valence-corrected chi connectivity index (χ1v) is 9.95. The number of rotatable bonds is 16. The first kappa shape index (κ1) is 22.1. The third kappa shape index (κ3) is 9.98. The van der Waals surface area contributed by atoms with Gasteiger partial charge in [0.2, 0.25) is 0 Å². The largest absolute Gasteiger partial charge is 0.331 e. The maximum Gasteiger partial charge on any atom is 0.282 e. The van der Waals surface area contributed by atoms with Crippen molar-refractivity contribution in [1.29, 1.82) is 0 Å². The molecule has 0 aliphatic heterocycles. The van der Waals surface area contributed by atoms with Crippen LogP contribution in [-0.2, 0) is 20.6 Å². The van der Waals surface area contributed by atoms with Crippen LogP contribution in [0.3, 0.4) is 0 Å². The molecule has 1 aromatic carbocycles. The van der Waals surface area contributed by atoms with Gasteiger partial charge in [-0.2, -0.15) is 0 Å². The van der Waals surface area contributed by atoms with Gasteiger partial charge in [-0.05, 0) is 24.8 Å². The summed E-state index contributed by atoms with van der Waals surface area (Å²) in [6, 6.07) is 10.8. The molecule has 0 N–H and O–H groups in total. The Bertz CT molecular complexity index is 393. The van der Waals surface area contributed by atoms with E-state index < -0.39 is 5.97 Å². The molecule has 3 nitrogen and oxygen atoms in total. The first-order valence-electron chi connectivity index (χ1n) is 9.95. The van der Waals surface area contributed by atoms with Gasteiger partial charge in [-0.3, -0.25) is 0 Å². The van der Waals surface area contributed by atoms with Crippen LogP contribution >= 0.6 is 0 Å². The van der Waals surface area contributed by atoms with E-state index in [-0.39, 0.29) is 0 Å². The highest BCUT2D eigenvalue weighted by Gasteiger charge is 2.28. The van der Waals surface area contributed by atoms with Crippen LogP contribution in [0.2, 0.25) is 0 Å². The summed E-state index contributed by atoms with van der Waals surface area (Å²) in [5.74, 6) is -0.847. The van der Waals surface area contributed by atoms with Crippen molar-refractivity contribution in [2.45, 2.75) is 83.0 Å². The summed E-state index contributed by atoms with van der Waals surface area (Å²) in [4.78, 5) is 0. The molecule has 0 heterocycles. The Morgan fingerprint density at radius 2 is 1.04 bits per heavy atom. The van der Waals surface area contributed by atoms with E-state index in [0.29, 0.717) is 0 Å². The van der Waals surface area contributed by atoms with Crippen molar-refractivity contribution >= 4 is 0 Å². The molecular weight excluding hydrogens is 312 g/mol. The summed E-state index contributed by atoms with van der Waals surface area (Å²) in [5.41, 5.74) is 1.47. The zero-order valence-electron chi connectivity index (χ0n) is 16.6. The summed E-state index contributed by atoms with van der Waals surface area (Å²) < 4.78 is 15.9. The predicted molar refractivity (Wildman–Crippen MR) is 105 cm³/mol. The molecule has 0 saturated carbocycles. The van der Waals surface area contributed by atoms with Crippen molar-refractivity contribution < 1.29 is 14.2 Å².